The normalized spacial score (nSPS) is 35.4. The van der Waals surface area contributed by atoms with E-state index in [1.165, 1.54) is 4.90 Å². The van der Waals surface area contributed by atoms with E-state index < -0.39 is 23.5 Å². The first-order valence-electron chi connectivity index (χ1n) is 7.11. The molecule has 3 heterocycles. The fourth-order valence-corrected chi connectivity index (χ4v) is 3.67. The minimum absolute atomic E-state index is 0.273. The average Bonchev–Trinajstić information content (AvgIpc) is 3.19. The fourth-order valence-electron chi connectivity index (χ4n) is 3.67. The maximum absolute atomic E-state index is 12.8. The number of amides is 2. The lowest BCUT2D eigenvalue weighted by Crippen LogP contribution is -2.43. The molecule has 3 aliphatic heterocycles. The van der Waals surface area contributed by atoms with Gasteiger partial charge in [0.25, 0.3) is 0 Å². The fraction of sp³-hybridized carbons (Fsp3) is 0.375. The molecule has 0 saturated carbocycles. The van der Waals surface area contributed by atoms with Crippen LogP contribution in [-0.2, 0) is 14.3 Å². The van der Waals surface area contributed by atoms with Gasteiger partial charge in [0.15, 0.2) is 0 Å². The van der Waals surface area contributed by atoms with Crippen molar-refractivity contribution in [1.82, 2.24) is 0 Å². The van der Waals surface area contributed by atoms with Gasteiger partial charge >= 0.3 is 0 Å². The summed E-state index contributed by atoms with van der Waals surface area (Å²) in [6.45, 7) is -0.309. The van der Waals surface area contributed by atoms with Crippen LogP contribution in [0.2, 0.25) is 0 Å². The number of aliphatic hydroxyl groups excluding tert-OH is 1. The molecule has 2 amide bonds. The number of nitrogens with zero attached hydrogens (tertiary/aromatic N) is 1. The molecule has 0 aromatic heterocycles. The molecule has 1 N–H and O–H groups in total. The molecule has 0 unspecified atom stereocenters. The Bertz CT molecular complexity index is 682. The molecule has 114 valence electrons. The number of carbonyl (C=O) groups is 2. The van der Waals surface area contributed by atoms with Crippen LogP contribution in [0.5, 0.6) is 5.75 Å². The molecule has 6 heteroatoms. The molecule has 3 aliphatic rings. The number of anilines is 1. The third-order valence-corrected chi connectivity index (χ3v) is 4.73. The number of imide groups is 1. The Hall–Kier alpha value is -2.18. The van der Waals surface area contributed by atoms with E-state index in [4.69, 9.17) is 9.47 Å². The lowest BCUT2D eigenvalue weighted by atomic mass is 9.77. The molecule has 1 aromatic rings. The second-order valence-electron chi connectivity index (χ2n) is 5.77. The van der Waals surface area contributed by atoms with Gasteiger partial charge in [-0.2, -0.15) is 0 Å². The third-order valence-electron chi connectivity index (χ3n) is 4.73. The zero-order valence-corrected chi connectivity index (χ0v) is 11.9. The van der Waals surface area contributed by atoms with E-state index >= 15 is 0 Å². The Morgan fingerprint density at radius 2 is 2.00 bits per heavy atom. The number of rotatable bonds is 3. The molecule has 2 bridgehead atoms. The van der Waals surface area contributed by atoms with Crippen molar-refractivity contribution in [3.05, 3.63) is 36.4 Å². The van der Waals surface area contributed by atoms with E-state index in [1.54, 1.807) is 43.5 Å². The number of carbonyl (C=O) groups excluding carboxylic acids is 2. The van der Waals surface area contributed by atoms with Crippen LogP contribution in [0.1, 0.15) is 0 Å². The Balaban J connectivity index is 1.72. The van der Waals surface area contributed by atoms with Crippen LogP contribution in [0.4, 0.5) is 5.69 Å². The highest BCUT2D eigenvalue weighted by Crippen LogP contribution is 2.52. The lowest BCUT2D eigenvalue weighted by molar-refractivity contribution is -0.128. The molecule has 22 heavy (non-hydrogen) atoms. The van der Waals surface area contributed by atoms with Gasteiger partial charge in [-0.1, -0.05) is 12.2 Å². The largest absolute Gasteiger partial charge is 0.497 e. The van der Waals surface area contributed by atoms with Crippen molar-refractivity contribution >= 4 is 17.5 Å². The van der Waals surface area contributed by atoms with Crippen LogP contribution in [-0.4, -0.2) is 42.3 Å². The van der Waals surface area contributed by atoms with Crippen molar-refractivity contribution in [1.29, 1.82) is 0 Å². The Morgan fingerprint density at radius 1 is 1.27 bits per heavy atom. The molecule has 0 spiro atoms. The van der Waals surface area contributed by atoms with Crippen LogP contribution in [0, 0.1) is 11.8 Å². The van der Waals surface area contributed by atoms with E-state index in [9.17, 15) is 14.7 Å². The van der Waals surface area contributed by atoms with Crippen LogP contribution >= 0.6 is 0 Å². The summed E-state index contributed by atoms with van der Waals surface area (Å²) < 4.78 is 10.8. The monoisotopic (exact) mass is 301 g/mol. The third kappa shape index (κ3) is 1.51. The van der Waals surface area contributed by atoms with E-state index in [2.05, 4.69) is 0 Å². The molecule has 0 radical (unpaired) electrons. The van der Waals surface area contributed by atoms with Crippen molar-refractivity contribution in [2.45, 2.75) is 11.7 Å². The molecule has 2 fully saturated rings. The van der Waals surface area contributed by atoms with Gasteiger partial charge < -0.3 is 14.6 Å². The molecule has 1 aromatic carbocycles. The second kappa shape index (κ2) is 4.41. The Morgan fingerprint density at radius 3 is 2.64 bits per heavy atom. The predicted molar refractivity (Wildman–Crippen MR) is 76.3 cm³/mol. The first kappa shape index (κ1) is 13.5. The van der Waals surface area contributed by atoms with Gasteiger partial charge in [-0.15, -0.1) is 0 Å². The van der Waals surface area contributed by atoms with Crippen molar-refractivity contribution in [3.8, 4) is 5.75 Å². The maximum Gasteiger partial charge on any atom is 0.241 e. The quantitative estimate of drug-likeness (QED) is 0.650. The maximum atomic E-state index is 12.8. The van der Waals surface area contributed by atoms with Crippen LogP contribution in [0.15, 0.2) is 36.4 Å². The van der Waals surface area contributed by atoms with Gasteiger partial charge in [0.05, 0.1) is 37.3 Å². The van der Waals surface area contributed by atoms with E-state index in [-0.39, 0.29) is 18.4 Å². The van der Waals surface area contributed by atoms with Crippen LogP contribution < -0.4 is 9.64 Å². The van der Waals surface area contributed by atoms with Gasteiger partial charge in [0, 0.05) is 0 Å². The summed E-state index contributed by atoms with van der Waals surface area (Å²) in [5.74, 6) is -1.14. The van der Waals surface area contributed by atoms with Crippen molar-refractivity contribution in [3.63, 3.8) is 0 Å². The highest BCUT2D eigenvalue weighted by molar-refractivity contribution is 6.23. The first-order chi connectivity index (χ1) is 10.6. The number of hydrogen-bond acceptors (Lipinski definition) is 5. The summed E-state index contributed by atoms with van der Waals surface area (Å²) in [6.07, 6.45) is 3.04. The van der Waals surface area contributed by atoms with E-state index in [0.29, 0.717) is 11.4 Å². The summed E-state index contributed by atoms with van der Waals surface area (Å²) >= 11 is 0. The molecule has 4 rings (SSSR count). The van der Waals surface area contributed by atoms with Gasteiger partial charge in [0.1, 0.15) is 11.4 Å². The number of hydrogen-bond donors (Lipinski definition) is 1. The van der Waals surface area contributed by atoms with E-state index in [1.807, 2.05) is 0 Å². The Kier molecular flexibility index (Phi) is 2.70. The minimum atomic E-state index is -1.05. The zero-order valence-electron chi connectivity index (χ0n) is 11.9. The smallest absolute Gasteiger partial charge is 0.241 e. The van der Waals surface area contributed by atoms with Crippen LogP contribution in [0.3, 0.4) is 0 Å². The van der Waals surface area contributed by atoms with Crippen molar-refractivity contribution < 1.29 is 24.2 Å². The highest BCUT2D eigenvalue weighted by Gasteiger charge is 2.67. The predicted octanol–water partition coefficient (Wildman–Crippen LogP) is 0.500. The summed E-state index contributed by atoms with van der Waals surface area (Å²) in [7, 11) is 1.55. The Labute approximate surface area is 126 Å². The van der Waals surface area contributed by atoms with Crippen molar-refractivity contribution in [2.75, 3.05) is 18.6 Å². The highest BCUT2D eigenvalue weighted by atomic mass is 16.5. The topological polar surface area (TPSA) is 76.1 Å². The number of methoxy groups -OCH3 is 1. The standard InChI is InChI=1S/C16H15NO5/c1-21-10-4-2-9(3-5-10)17-14(19)12-11-6-7-16(8-18,22-11)13(12)15(17)20/h2-7,11-13,18H,8H2,1H3/t11-,12-,13+,16+/m0/s1. The zero-order chi connectivity index (χ0) is 15.5. The molecular formula is C16H15NO5. The molecule has 4 atom stereocenters. The summed E-state index contributed by atoms with van der Waals surface area (Å²) in [5.41, 5.74) is -0.541. The summed E-state index contributed by atoms with van der Waals surface area (Å²) in [6, 6.07) is 6.76. The number of ether oxygens (including phenoxy) is 2. The molecular weight excluding hydrogens is 286 g/mol. The first-order valence-corrected chi connectivity index (χ1v) is 7.11. The van der Waals surface area contributed by atoms with Gasteiger partial charge in [-0.05, 0) is 24.3 Å². The minimum Gasteiger partial charge on any atom is -0.497 e. The summed E-state index contributed by atoms with van der Waals surface area (Å²) in [4.78, 5) is 26.6. The second-order valence-corrected chi connectivity index (χ2v) is 5.77. The number of benzene rings is 1. The van der Waals surface area contributed by atoms with Gasteiger partial charge in [0.2, 0.25) is 11.8 Å². The van der Waals surface area contributed by atoms with Gasteiger partial charge in [-0.3, -0.25) is 9.59 Å². The molecule has 2 saturated heterocycles. The van der Waals surface area contributed by atoms with Crippen molar-refractivity contribution in [2.24, 2.45) is 11.8 Å². The SMILES string of the molecule is COc1ccc(N2C(=O)[C@H]3[C@@H]4C=C[C@](CO)(O4)[C@H]3C2=O)cc1. The lowest BCUT2D eigenvalue weighted by Gasteiger charge is -2.26. The molecule has 0 aliphatic carbocycles. The average molecular weight is 301 g/mol. The van der Waals surface area contributed by atoms with Crippen LogP contribution in [0.25, 0.3) is 0 Å². The number of aliphatic hydroxyl groups is 1. The van der Waals surface area contributed by atoms with E-state index in [0.717, 1.165) is 0 Å². The number of fused-ring (bicyclic) bond motifs is 5. The summed E-state index contributed by atoms with van der Waals surface area (Å²) in [5, 5.41) is 9.64. The van der Waals surface area contributed by atoms with Gasteiger partial charge in [-0.25, -0.2) is 4.90 Å². The molecule has 6 nitrogen and oxygen atoms in total.